The lowest BCUT2D eigenvalue weighted by Crippen LogP contribution is -2.29. The first-order valence-corrected chi connectivity index (χ1v) is 7.54. The average molecular weight is 286 g/mol. The van der Waals surface area contributed by atoms with Crippen LogP contribution < -0.4 is 5.69 Å². The Bertz CT molecular complexity index is 681. The first kappa shape index (κ1) is 12.8. The molecule has 0 bridgehead atoms. The summed E-state index contributed by atoms with van der Waals surface area (Å²) >= 11 is 0. The lowest BCUT2D eigenvalue weighted by molar-refractivity contribution is 0.0929. The summed E-state index contributed by atoms with van der Waals surface area (Å²) in [5, 5.41) is 4.55. The van der Waals surface area contributed by atoms with Crippen molar-refractivity contribution in [2.45, 2.75) is 44.4 Å². The Morgan fingerprint density at radius 3 is 2.90 bits per heavy atom. The molecule has 2 fully saturated rings. The summed E-state index contributed by atoms with van der Waals surface area (Å²) in [7, 11) is 0. The maximum Gasteiger partial charge on any atom is 0.346 e. The fourth-order valence-corrected chi connectivity index (χ4v) is 2.87. The molecule has 1 aliphatic heterocycles. The zero-order chi connectivity index (χ0) is 14.2. The van der Waals surface area contributed by atoms with Crippen molar-refractivity contribution in [3.63, 3.8) is 0 Å². The van der Waals surface area contributed by atoms with Gasteiger partial charge >= 0.3 is 5.69 Å². The lowest BCUT2D eigenvalue weighted by Gasteiger charge is -2.07. The zero-order valence-corrected chi connectivity index (χ0v) is 11.8. The molecule has 1 atom stereocenters. The first-order chi connectivity index (χ1) is 10.3. The Labute approximate surface area is 122 Å². The van der Waals surface area contributed by atoms with Crippen molar-refractivity contribution in [3.8, 4) is 11.4 Å². The van der Waals surface area contributed by atoms with Crippen molar-refractivity contribution in [2.75, 3.05) is 6.61 Å². The Morgan fingerprint density at radius 2 is 2.24 bits per heavy atom. The minimum atomic E-state index is -0.0214. The Morgan fingerprint density at radius 1 is 1.33 bits per heavy atom. The molecule has 0 aromatic carbocycles. The van der Waals surface area contributed by atoms with Crippen LogP contribution in [0.25, 0.3) is 11.4 Å². The van der Waals surface area contributed by atoms with E-state index in [1.807, 2.05) is 16.7 Å². The summed E-state index contributed by atoms with van der Waals surface area (Å²) < 4.78 is 9.01. The molecular weight excluding hydrogens is 268 g/mol. The summed E-state index contributed by atoms with van der Waals surface area (Å²) in [6.07, 6.45) is 7.79. The zero-order valence-electron chi connectivity index (χ0n) is 11.8. The second-order valence-electron chi connectivity index (χ2n) is 5.77. The standard InChI is InChI=1S/C15H18N4O2/c20-15-18(10-13-4-2-8-21-13)17-14(19(15)12-5-6-12)11-3-1-7-16-9-11/h1,3,7,9,12-13H,2,4-6,8,10H2. The summed E-state index contributed by atoms with van der Waals surface area (Å²) in [6.45, 7) is 1.34. The molecule has 0 spiro atoms. The van der Waals surface area contributed by atoms with E-state index in [1.54, 1.807) is 17.1 Å². The largest absolute Gasteiger partial charge is 0.376 e. The number of aromatic nitrogens is 4. The van der Waals surface area contributed by atoms with Crippen LogP contribution in [-0.4, -0.2) is 32.0 Å². The van der Waals surface area contributed by atoms with Crippen molar-refractivity contribution in [1.29, 1.82) is 0 Å². The Hall–Kier alpha value is -1.95. The molecule has 110 valence electrons. The van der Waals surface area contributed by atoms with E-state index >= 15 is 0 Å². The molecule has 0 radical (unpaired) electrons. The van der Waals surface area contributed by atoms with Gasteiger partial charge in [0.25, 0.3) is 0 Å². The van der Waals surface area contributed by atoms with Gasteiger partial charge < -0.3 is 4.74 Å². The average Bonchev–Trinajstić information content (AvgIpc) is 3.12. The fraction of sp³-hybridized carbons (Fsp3) is 0.533. The van der Waals surface area contributed by atoms with E-state index in [-0.39, 0.29) is 11.8 Å². The molecule has 1 aliphatic carbocycles. The van der Waals surface area contributed by atoms with Gasteiger partial charge in [-0.3, -0.25) is 9.55 Å². The summed E-state index contributed by atoms with van der Waals surface area (Å²) in [4.78, 5) is 16.8. The summed E-state index contributed by atoms with van der Waals surface area (Å²) in [6, 6.07) is 4.12. The quantitative estimate of drug-likeness (QED) is 0.857. The van der Waals surface area contributed by atoms with Gasteiger partial charge in [-0.1, -0.05) is 0 Å². The van der Waals surface area contributed by atoms with Gasteiger partial charge in [0.05, 0.1) is 12.6 Å². The van der Waals surface area contributed by atoms with E-state index in [0.29, 0.717) is 12.6 Å². The first-order valence-electron chi connectivity index (χ1n) is 7.54. The maximum atomic E-state index is 12.6. The number of rotatable bonds is 4. The topological polar surface area (TPSA) is 61.9 Å². The van der Waals surface area contributed by atoms with Crippen molar-refractivity contribution >= 4 is 0 Å². The van der Waals surface area contributed by atoms with Gasteiger partial charge in [0.15, 0.2) is 5.82 Å². The molecule has 0 amide bonds. The van der Waals surface area contributed by atoms with Crippen molar-refractivity contribution in [3.05, 3.63) is 35.0 Å². The molecule has 21 heavy (non-hydrogen) atoms. The third-order valence-electron chi connectivity index (χ3n) is 4.10. The van der Waals surface area contributed by atoms with Gasteiger partial charge in [-0.25, -0.2) is 9.48 Å². The van der Waals surface area contributed by atoms with Crippen LogP contribution in [0.2, 0.25) is 0 Å². The molecule has 1 saturated carbocycles. The highest BCUT2D eigenvalue weighted by Crippen LogP contribution is 2.36. The van der Waals surface area contributed by atoms with Gasteiger partial charge in [-0.15, -0.1) is 5.10 Å². The van der Waals surface area contributed by atoms with Crippen LogP contribution in [0, 0.1) is 0 Å². The minimum absolute atomic E-state index is 0.0214. The third-order valence-corrected chi connectivity index (χ3v) is 4.10. The van der Waals surface area contributed by atoms with E-state index in [9.17, 15) is 4.79 Å². The number of nitrogens with zero attached hydrogens (tertiary/aromatic N) is 4. The van der Waals surface area contributed by atoms with Gasteiger partial charge in [0, 0.05) is 30.6 Å². The highest BCUT2D eigenvalue weighted by atomic mass is 16.5. The van der Waals surface area contributed by atoms with Gasteiger partial charge in [-0.2, -0.15) is 0 Å². The SMILES string of the molecule is O=c1n(CC2CCCO2)nc(-c2cccnc2)n1C1CC1. The van der Waals surface area contributed by atoms with Crippen LogP contribution in [0.5, 0.6) is 0 Å². The molecule has 2 aromatic rings. The Balaban J connectivity index is 1.73. The normalized spacial score (nSPS) is 21.8. The predicted molar refractivity (Wildman–Crippen MR) is 77.0 cm³/mol. The monoisotopic (exact) mass is 286 g/mol. The Kier molecular flexibility index (Phi) is 3.11. The maximum absolute atomic E-state index is 12.6. The van der Waals surface area contributed by atoms with E-state index in [0.717, 1.165) is 43.7 Å². The predicted octanol–water partition coefficient (Wildman–Crippen LogP) is 1.62. The van der Waals surface area contributed by atoms with E-state index in [4.69, 9.17) is 4.74 Å². The molecule has 6 nitrogen and oxygen atoms in total. The molecule has 1 unspecified atom stereocenters. The van der Waals surface area contributed by atoms with Crippen LogP contribution >= 0.6 is 0 Å². The smallest absolute Gasteiger partial charge is 0.346 e. The van der Waals surface area contributed by atoms with Crippen molar-refractivity contribution < 1.29 is 4.74 Å². The molecular formula is C15H18N4O2. The van der Waals surface area contributed by atoms with Crippen molar-refractivity contribution in [1.82, 2.24) is 19.3 Å². The second-order valence-corrected chi connectivity index (χ2v) is 5.77. The van der Waals surface area contributed by atoms with Crippen LogP contribution in [0.1, 0.15) is 31.7 Å². The molecule has 4 rings (SSSR count). The molecule has 2 aliphatic rings. The van der Waals surface area contributed by atoms with Gasteiger partial charge in [-0.05, 0) is 37.8 Å². The van der Waals surface area contributed by atoms with Crippen LogP contribution in [0.3, 0.4) is 0 Å². The minimum Gasteiger partial charge on any atom is -0.376 e. The highest BCUT2D eigenvalue weighted by Gasteiger charge is 2.31. The van der Waals surface area contributed by atoms with Crippen LogP contribution in [0.15, 0.2) is 29.3 Å². The number of hydrogen-bond acceptors (Lipinski definition) is 4. The summed E-state index contributed by atoms with van der Waals surface area (Å²) in [5.74, 6) is 0.730. The van der Waals surface area contributed by atoms with Crippen molar-refractivity contribution in [2.24, 2.45) is 0 Å². The highest BCUT2D eigenvalue weighted by molar-refractivity contribution is 5.53. The van der Waals surface area contributed by atoms with Crippen LogP contribution in [-0.2, 0) is 11.3 Å². The fourth-order valence-electron chi connectivity index (χ4n) is 2.87. The van der Waals surface area contributed by atoms with Gasteiger partial charge in [0.2, 0.25) is 0 Å². The van der Waals surface area contributed by atoms with E-state index in [1.165, 1.54) is 0 Å². The molecule has 1 saturated heterocycles. The number of ether oxygens (including phenoxy) is 1. The molecule has 3 heterocycles. The lowest BCUT2D eigenvalue weighted by atomic mass is 10.2. The van der Waals surface area contributed by atoms with Gasteiger partial charge in [0.1, 0.15) is 0 Å². The van der Waals surface area contributed by atoms with E-state index in [2.05, 4.69) is 10.1 Å². The molecule has 0 N–H and O–H groups in total. The summed E-state index contributed by atoms with van der Waals surface area (Å²) in [5.41, 5.74) is 0.874. The number of hydrogen-bond donors (Lipinski definition) is 0. The van der Waals surface area contributed by atoms with Crippen LogP contribution in [0.4, 0.5) is 0 Å². The second kappa shape index (κ2) is 5.11. The number of pyridine rings is 1. The third kappa shape index (κ3) is 2.40. The molecule has 6 heteroatoms. The molecule has 2 aromatic heterocycles. The van der Waals surface area contributed by atoms with E-state index < -0.39 is 0 Å².